The van der Waals surface area contributed by atoms with Crippen molar-refractivity contribution in [3.63, 3.8) is 0 Å². The average molecular weight is 271 g/mol. The summed E-state index contributed by atoms with van der Waals surface area (Å²) in [5, 5.41) is 6.86. The Balaban J connectivity index is 1.91. The summed E-state index contributed by atoms with van der Waals surface area (Å²) < 4.78 is 1.62. The Morgan fingerprint density at radius 1 is 1.25 bits per heavy atom. The van der Waals surface area contributed by atoms with Crippen molar-refractivity contribution in [2.24, 2.45) is 7.05 Å². The van der Waals surface area contributed by atoms with E-state index in [0.717, 1.165) is 12.1 Å². The summed E-state index contributed by atoms with van der Waals surface area (Å²) in [6.07, 6.45) is 8.09. The SMILES string of the molecule is CCCCCc1ccc(NC(=O)c2cnn(C)c2)cc1. The van der Waals surface area contributed by atoms with Crippen LogP contribution in [0.1, 0.15) is 42.1 Å². The van der Waals surface area contributed by atoms with Gasteiger partial charge >= 0.3 is 0 Å². The Labute approximate surface area is 119 Å². The maximum Gasteiger partial charge on any atom is 0.258 e. The topological polar surface area (TPSA) is 46.9 Å². The summed E-state index contributed by atoms with van der Waals surface area (Å²) in [4.78, 5) is 12.0. The molecule has 0 saturated carbocycles. The minimum absolute atomic E-state index is 0.128. The van der Waals surface area contributed by atoms with E-state index in [1.165, 1.54) is 24.8 Å². The molecule has 0 spiro atoms. The van der Waals surface area contributed by atoms with Crippen LogP contribution < -0.4 is 5.32 Å². The Kier molecular flexibility index (Phi) is 4.93. The monoisotopic (exact) mass is 271 g/mol. The van der Waals surface area contributed by atoms with Crippen LogP contribution in [0.15, 0.2) is 36.7 Å². The normalized spacial score (nSPS) is 10.5. The van der Waals surface area contributed by atoms with E-state index in [9.17, 15) is 4.79 Å². The fourth-order valence-corrected chi connectivity index (χ4v) is 2.08. The van der Waals surface area contributed by atoms with E-state index in [-0.39, 0.29) is 5.91 Å². The van der Waals surface area contributed by atoms with Crippen molar-refractivity contribution in [3.05, 3.63) is 47.8 Å². The largest absolute Gasteiger partial charge is 0.322 e. The lowest BCUT2D eigenvalue weighted by atomic mass is 10.1. The molecule has 1 heterocycles. The number of aryl methyl sites for hydroxylation is 2. The van der Waals surface area contributed by atoms with Gasteiger partial charge in [-0.25, -0.2) is 0 Å². The lowest BCUT2D eigenvalue weighted by molar-refractivity contribution is 0.102. The zero-order valence-electron chi connectivity index (χ0n) is 12.1. The predicted octanol–water partition coefficient (Wildman–Crippen LogP) is 3.41. The summed E-state index contributed by atoms with van der Waals surface area (Å²) in [6.45, 7) is 2.21. The van der Waals surface area contributed by atoms with Crippen LogP contribution in [-0.4, -0.2) is 15.7 Å². The molecule has 2 rings (SSSR count). The second kappa shape index (κ2) is 6.89. The predicted molar refractivity (Wildman–Crippen MR) is 80.8 cm³/mol. The number of aromatic nitrogens is 2. The molecule has 4 heteroatoms. The summed E-state index contributed by atoms with van der Waals surface area (Å²) in [5.41, 5.74) is 2.70. The van der Waals surface area contributed by atoms with Crippen LogP contribution in [0, 0.1) is 0 Å². The Bertz CT molecular complexity index is 557. The highest BCUT2D eigenvalue weighted by atomic mass is 16.1. The lowest BCUT2D eigenvalue weighted by Gasteiger charge is -2.05. The van der Waals surface area contributed by atoms with Gasteiger partial charge in [0.15, 0.2) is 0 Å². The number of amides is 1. The summed E-state index contributed by atoms with van der Waals surface area (Å²) >= 11 is 0. The van der Waals surface area contributed by atoms with Gasteiger partial charge in [-0.05, 0) is 30.5 Å². The van der Waals surface area contributed by atoms with Gasteiger partial charge in [-0.2, -0.15) is 5.10 Å². The molecule has 0 fully saturated rings. The van der Waals surface area contributed by atoms with E-state index in [1.807, 2.05) is 12.1 Å². The minimum Gasteiger partial charge on any atom is -0.322 e. The molecule has 1 N–H and O–H groups in total. The Morgan fingerprint density at radius 3 is 2.60 bits per heavy atom. The number of nitrogens with one attached hydrogen (secondary N) is 1. The zero-order chi connectivity index (χ0) is 14.4. The Morgan fingerprint density at radius 2 is 2.00 bits per heavy atom. The van der Waals surface area contributed by atoms with Gasteiger partial charge in [0.2, 0.25) is 0 Å². The first kappa shape index (κ1) is 14.3. The van der Waals surface area contributed by atoms with Crippen molar-refractivity contribution in [2.45, 2.75) is 32.6 Å². The standard InChI is InChI=1S/C16H21N3O/c1-3-4-5-6-13-7-9-15(10-8-13)18-16(20)14-11-17-19(2)12-14/h7-12H,3-6H2,1-2H3,(H,18,20). The molecule has 0 aliphatic heterocycles. The molecule has 0 bridgehead atoms. The van der Waals surface area contributed by atoms with Crippen LogP contribution in [0.4, 0.5) is 5.69 Å². The molecule has 20 heavy (non-hydrogen) atoms. The molecule has 1 aromatic carbocycles. The zero-order valence-corrected chi connectivity index (χ0v) is 12.1. The molecule has 0 aliphatic carbocycles. The van der Waals surface area contributed by atoms with Crippen molar-refractivity contribution in [1.82, 2.24) is 9.78 Å². The first-order valence-electron chi connectivity index (χ1n) is 7.08. The summed E-state index contributed by atoms with van der Waals surface area (Å²) in [6, 6.07) is 8.06. The number of benzene rings is 1. The van der Waals surface area contributed by atoms with E-state index in [2.05, 4.69) is 29.5 Å². The van der Waals surface area contributed by atoms with Crippen LogP contribution >= 0.6 is 0 Å². The molecule has 0 unspecified atom stereocenters. The van der Waals surface area contributed by atoms with Crippen molar-refractivity contribution in [3.8, 4) is 0 Å². The fraction of sp³-hybridized carbons (Fsp3) is 0.375. The van der Waals surface area contributed by atoms with Gasteiger partial charge in [-0.15, -0.1) is 0 Å². The van der Waals surface area contributed by atoms with Crippen molar-refractivity contribution in [1.29, 1.82) is 0 Å². The summed E-state index contributed by atoms with van der Waals surface area (Å²) in [7, 11) is 1.79. The van der Waals surface area contributed by atoms with E-state index in [4.69, 9.17) is 0 Å². The fourth-order valence-electron chi connectivity index (χ4n) is 2.08. The van der Waals surface area contributed by atoms with Gasteiger partial charge in [0.1, 0.15) is 0 Å². The van der Waals surface area contributed by atoms with Crippen LogP contribution in [0.5, 0.6) is 0 Å². The molecule has 1 aromatic heterocycles. The first-order valence-corrected chi connectivity index (χ1v) is 7.08. The van der Waals surface area contributed by atoms with Gasteiger partial charge in [0.25, 0.3) is 5.91 Å². The van der Waals surface area contributed by atoms with Gasteiger partial charge in [0.05, 0.1) is 11.8 Å². The quantitative estimate of drug-likeness (QED) is 0.818. The average Bonchev–Trinajstić information content (AvgIpc) is 2.88. The highest BCUT2D eigenvalue weighted by Crippen LogP contribution is 2.13. The molecule has 0 atom stereocenters. The number of anilines is 1. The molecule has 106 valence electrons. The van der Waals surface area contributed by atoms with Crippen LogP contribution in [-0.2, 0) is 13.5 Å². The van der Waals surface area contributed by atoms with E-state index in [1.54, 1.807) is 24.1 Å². The number of carbonyl (C=O) groups is 1. The number of nitrogens with zero attached hydrogens (tertiary/aromatic N) is 2. The van der Waals surface area contributed by atoms with E-state index < -0.39 is 0 Å². The maximum absolute atomic E-state index is 12.0. The minimum atomic E-state index is -0.128. The van der Waals surface area contributed by atoms with Crippen molar-refractivity contribution >= 4 is 11.6 Å². The molecule has 2 aromatic rings. The number of carbonyl (C=O) groups excluding carboxylic acids is 1. The van der Waals surface area contributed by atoms with Crippen molar-refractivity contribution in [2.75, 3.05) is 5.32 Å². The third kappa shape index (κ3) is 3.95. The van der Waals surface area contributed by atoms with Crippen LogP contribution in [0.2, 0.25) is 0 Å². The maximum atomic E-state index is 12.0. The molecule has 0 saturated heterocycles. The van der Waals surface area contributed by atoms with Gasteiger partial charge in [-0.3, -0.25) is 9.48 Å². The van der Waals surface area contributed by atoms with E-state index in [0.29, 0.717) is 5.56 Å². The highest BCUT2D eigenvalue weighted by molar-refractivity contribution is 6.03. The summed E-state index contributed by atoms with van der Waals surface area (Å²) in [5.74, 6) is -0.128. The lowest BCUT2D eigenvalue weighted by Crippen LogP contribution is -2.11. The smallest absolute Gasteiger partial charge is 0.258 e. The highest BCUT2D eigenvalue weighted by Gasteiger charge is 2.07. The number of hydrogen-bond donors (Lipinski definition) is 1. The molecule has 1 amide bonds. The van der Waals surface area contributed by atoms with Gasteiger partial charge in [-0.1, -0.05) is 31.9 Å². The van der Waals surface area contributed by atoms with Gasteiger partial charge < -0.3 is 5.32 Å². The number of rotatable bonds is 6. The van der Waals surface area contributed by atoms with Crippen LogP contribution in [0.3, 0.4) is 0 Å². The Hall–Kier alpha value is -2.10. The van der Waals surface area contributed by atoms with Gasteiger partial charge in [0, 0.05) is 18.9 Å². The molecule has 0 radical (unpaired) electrons. The van der Waals surface area contributed by atoms with Crippen LogP contribution in [0.25, 0.3) is 0 Å². The third-order valence-electron chi connectivity index (χ3n) is 3.25. The molecular weight excluding hydrogens is 250 g/mol. The molecule has 0 aliphatic rings. The second-order valence-corrected chi connectivity index (χ2v) is 5.01. The second-order valence-electron chi connectivity index (χ2n) is 5.01. The molecule has 4 nitrogen and oxygen atoms in total. The third-order valence-corrected chi connectivity index (χ3v) is 3.25. The first-order chi connectivity index (χ1) is 9.69. The molecular formula is C16H21N3O. The van der Waals surface area contributed by atoms with E-state index >= 15 is 0 Å². The number of hydrogen-bond acceptors (Lipinski definition) is 2. The number of unbranched alkanes of at least 4 members (excludes halogenated alkanes) is 2. The van der Waals surface area contributed by atoms with Crippen molar-refractivity contribution < 1.29 is 4.79 Å².